The van der Waals surface area contributed by atoms with Gasteiger partial charge in [0.15, 0.2) is 0 Å². The second-order valence-corrected chi connectivity index (χ2v) is 7.62. The summed E-state index contributed by atoms with van der Waals surface area (Å²) < 4.78 is 0. The number of nitrogens with two attached hydrogens (primary N) is 1. The second kappa shape index (κ2) is 5.60. The average molecular weight is 254 g/mol. The van der Waals surface area contributed by atoms with Crippen LogP contribution in [-0.2, 0) is 4.79 Å². The summed E-state index contributed by atoms with van der Waals surface area (Å²) in [7, 11) is 0. The summed E-state index contributed by atoms with van der Waals surface area (Å²) in [5.41, 5.74) is 5.73. The van der Waals surface area contributed by atoms with E-state index >= 15 is 0 Å². The van der Waals surface area contributed by atoms with Crippen LogP contribution in [0, 0.1) is 17.3 Å². The van der Waals surface area contributed by atoms with Crippen LogP contribution in [0.1, 0.15) is 60.3 Å². The Bertz CT molecular complexity index is 297. The van der Waals surface area contributed by atoms with Crippen LogP contribution in [0.25, 0.3) is 0 Å². The SMILES string of the molecule is CC1CC(CC(=O)NC(C)(C)CN)CC(C)(C)C1. The summed E-state index contributed by atoms with van der Waals surface area (Å²) in [6.45, 7) is 11.4. The Morgan fingerprint density at radius 1 is 1.39 bits per heavy atom. The Kier molecular flexibility index (Phi) is 4.82. The first-order valence-electron chi connectivity index (χ1n) is 7.15. The highest BCUT2D eigenvalue weighted by molar-refractivity contribution is 5.77. The Hall–Kier alpha value is -0.570. The van der Waals surface area contributed by atoms with Gasteiger partial charge in [0.1, 0.15) is 0 Å². The smallest absolute Gasteiger partial charge is 0.220 e. The van der Waals surface area contributed by atoms with Gasteiger partial charge in [0.2, 0.25) is 5.91 Å². The molecule has 3 nitrogen and oxygen atoms in total. The minimum Gasteiger partial charge on any atom is -0.350 e. The topological polar surface area (TPSA) is 55.1 Å². The van der Waals surface area contributed by atoms with E-state index in [1.54, 1.807) is 0 Å². The molecule has 0 aromatic heterocycles. The summed E-state index contributed by atoms with van der Waals surface area (Å²) in [4.78, 5) is 12.0. The molecular formula is C15H30N2O. The van der Waals surface area contributed by atoms with E-state index in [4.69, 9.17) is 5.73 Å². The summed E-state index contributed by atoms with van der Waals surface area (Å²) >= 11 is 0. The maximum absolute atomic E-state index is 12.0. The quantitative estimate of drug-likeness (QED) is 0.810. The third kappa shape index (κ3) is 4.97. The Morgan fingerprint density at radius 3 is 2.50 bits per heavy atom. The van der Waals surface area contributed by atoms with E-state index in [1.165, 1.54) is 12.8 Å². The number of hydrogen-bond donors (Lipinski definition) is 2. The first-order chi connectivity index (χ1) is 8.13. The molecule has 2 atom stereocenters. The molecule has 0 aliphatic heterocycles. The molecule has 1 rings (SSSR count). The highest BCUT2D eigenvalue weighted by atomic mass is 16.1. The molecule has 1 amide bonds. The van der Waals surface area contributed by atoms with Crippen molar-refractivity contribution in [2.75, 3.05) is 6.54 Å². The van der Waals surface area contributed by atoms with Crippen LogP contribution in [-0.4, -0.2) is 18.0 Å². The molecule has 0 heterocycles. The van der Waals surface area contributed by atoms with Gasteiger partial charge in [0.25, 0.3) is 0 Å². The van der Waals surface area contributed by atoms with Crippen molar-refractivity contribution in [1.82, 2.24) is 5.32 Å². The van der Waals surface area contributed by atoms with Gasteiger partial charge in [-0.3, -0.25) is 4.79 Å². The third-order valence-corrected chi connectivity index (χ3v) is 3.94. The lowest BCUT2D eigenvalue weighted by atomic mass is 9.67. The highest BCUT2D eigenvalue weighted by Gasteiger charge is 2.33. The molecule has 1 aliphatic rings. The van der Waals surface area contributed by atoms with Crippen LogP contribution in [0.15, 0.2) is 0 Å². The van der Waals surface area contributed by atoms with Gasteiger partial charge < -0.3 is 11.1 Å². The van der Waals surface area contributed by atoms with Crippen molar-refractivity contribution in [3.8, 4) is 0 Å². The molecular weight excluding hydrogens is 224 g/mol. The summed E-state index contributed by atoms with van der Waals surface area (Å²) in [6.07, 6.45) is 4.27. The lowest BCUT2D eigenvalue weighted by Crippen LogP contribution is -2.49. The van der Waals surface area contributed by atoms with Crippen LogP contribution in [0.5, 0.6) is 0 Å². The molecule has 2 unspecified atom stereocenters. The van der Waals surface area contributed by atoms with Crippen LogP contribution < -0.4 is 11.1 Å². The number of hydrogen-bond acceptors (Lipinski definition) is 2. The van der Waals surface area contributed by atoms with E-state index in [-0.39, 0.29) is 11.4 Å². The van der Waals surface area contributed by atoms with Gasteiger partial charge in [-0.15, -0.1) is 0 Å². The predicted molar refractivity (Wildman–Crippen MR) is 76.2 cm³/mol. The van der Waals surface area contributed by atoms with Gasteiger partial charge in [0, 0.05) is 18.5 Å². The lowest BCUT2D eigenvalue weighted by molar-refractivity contribution is -0.124. The van der Waals surface area contributed by atoms with Crippen LogP contribution in [0.2, 0.25) is 0 Å². The molecule has 0 spiro atoms. The Balaban J connectivity index is 2.49. The fraction of sp³-hybridized carbons (Fsp3) is 0.933. The molecule has 3 N–H and O–H groups in total. The lowest BCUT2D eigenvalue weighted by Gasteiger charge is -2.39. The Morgan fingerprint density at radius 2 is 2.00 bits per heavy atom. The van der Waals surface area contributed by atoms with Crippen LogP contribution in [0.4, 0.5) is 0 Å². The zero-order chi connectivity index (χ0) is 14.0. The molecule has 106 valence electrons. The van der Waals surface area contributed by atoms with Crippen molar-refractivity contribution < 1.29 is 4.79 Å². The molecule has 0 bridgehead atoms. The monoisotopic (exact) mass is 254 g/mol. The van der Waals surface area contributed by atoms with Gasteiger partial charge in [0.05, 0.1) is 0 Å². The first kappa shape index (κ1) is 15.5. The molecule has 0 aromatic carbocycles. The molecule has 0 aromatic rings. The zero-order valence-corrected chi connectivity index (χ0v) is 12.7. The normalized spacial score (nSPS) is 27.9. The predicted octanol–water partition coefficient (Wildman–Crippen LogP) is 2.69. The van der Waals surface area contributed by atoms with Crippen molar-refractivity contribution in [1.29, 1.82) is 0 Å². The van der Waals surface area contributed by atoms with Gasteiger partial charge >= 0.3 is 0 Å². The number of rotatable bonds is 4. The standard InChI is InChI=1S/C15H30N2O/c1-11-6-12(9-14(2,3)8-11)7-13(18)17-15(4,5)10-16/h11-12H,6-10,16H2,1-5H3,(H,17,18). The van der Waals surface area contributed by atoms with Crippen LogP contribution in [0.3, 0.4) is 0 Å². The molecule has 0 saturated heterocycles. The molecule has 18 heavy (non-hydrogen) atoms. The Labute approximate surface area is 112 Å². The van der Waals surface area contributed by atoms with E-state index in [0.29, 0.717) is 24.3 Å². The molecule has 3 heteroatoms. The van der Waals surface area contributed by atoms with Gasteiger partial charge in [-0.25, -0.2) is 0 Å². The minimum absolute atomic E-state index is 0.153. The van der Waals surface area contributed by atoms with Crippen molar-refractivity contribution in [3.05, 3.63) is 0 Å². The van der Waals surface area contributed by atoms with Crippen molar-refractivity contribution in [3.63, 3.8) is 0 Å². The summed E-state index contributed by atoms with van der Waals surface area (Å²) in [5, 5.41) is 3.03. The van der Waals surface area contributed by atoms with E-state index in [1.807, 2.05) is 13.8 Å². The van der Waals surface area contributed by atoms with Gasteiger partial charge in [-0.1, -0.05) is 20.8 Å². The molecule has 1 saturated carbocycles. The molecule has 1 aliphatic carbocycles. The van der Waals surface area contributed by atoms with Crippen molar-refractivity contribution in [2.24, 2.45) is 23.0 Å². The molecule has 1 fully saturated rings. The van der Waals surface area contributed by atoms with Crippen LogP contribution >= 0.6 is 0 Å². The second-order valence-electron chi connectivity index (χ2n) is 7.62. The number of carbonyl (C=O) groups excluding carboxylic acids is 1. The van der Waals surface area contributed by atoms with E-state index in [2.05, 4.69) is 26.1 Å². The fourth-order valence-corrected chi connectivity index (χ4v) is 3.44. The van der Waals surface area contributed by atoms with Crippen molar-refractivity contribution >= 4 is 5.91 Å². The van der Waals surface area contributed by atoms with Crippen molar-refractivity contribution in [2.45, 2.75) is 65.8 Å². The number of carbonyl (C=O) groups is 1. The van der Waals surface area contributed by atoms with Gasteiger partial charge in [-0.05, 0) is 50.4 Å². The zero-order valence-electron chi connectivity index (χ0n) is 12.7. The average Bonchev–Trinajstić information content (AvgIpc) is 2.12. The first-order valence-corrected chi connectivity index (χ1v) is 7.15. The van der Waals surface area contributed by atoms with E-state index in [0.717, 1.165) is 12.3 Å². The van der Waals surface area contributed by atoms with E-state index in [9.17, 15) is 4.79 Å². The maximum Gasteiger partial charge on any atom is 0.220 e. The largest absolute Gasteiger partial charge is 0.350 e. The highest BCUT2D eigenvalue weighted by Crippen LogP contribution is 2.42. The summed E-state index contributed by atoms with van der Waals surface area (Å²) in [6, 6.07) is 0. The fourth-order valence-electron chi connectivity index (χ4n) is 3.44. The van der Waals surface area contributed by atoms with E-state index < -0.39 is 0 Å². The minimum atomic E-state index is -0.285. The maximum atomic E-state index is 12.0. The summed E-state index contributed by atoms with van der Waals surface area (Å²) in [5.74, 6) is 1.41. The van der Waals surface area contributed by atoms with Gasteiger partial charge in [-0.2, -0.15) is 0 Å². The molecule has 0 radical (unpaired) electrons. The number of nitrogens with one attached hydrogen (secondary N) is 1. The number of amides is 1. The third-order valence-electron chi connectivity index (χ3n) is 3.94.